The van der Waals surface area contributed by atoms with Gasteiger partial charge in [0.05, 0.1) is 0 Å². The van der Waals surface area contributed by atoms with E-state index in [2.05, 4.69) is 32.2 Å². The van der Waals surface area contributed by atoms with Gasteiger partial charge in [-0.2, -0.15) is 5.26 Å². The molecule has 1 rings (SSSR count). The van der Waals surface area contributed by atoms with Crippen LogP contribution in [0.4, 0.5) is 0 Å². The van der Waals surface area contributed by atoms with Crippen LogP contribution in [0, 0.1) is 17.2 Å². The molecule has 0 spiro atoms. The fourth-order valence-electron chi connectivity index (χ4n) is 1.96. The minimum absolute atomic E-state index is 0.0977. The maximum atomic E-state index is 8.48. The van der Waals surface area contributed by atoms with Crippen molar-refractivity contribution in [3.05, 3.63) is 29.8 Å². The second-order valence-electron chi connectivity index (χ2n) is 4.73. The van der Waals surface area contributed by atoms with Gasteiger partial charge in [0.25, 0.3) is 0 Å². The molecule has 1 unspecified atom stereocenters. The zero-order chi connectivity index (χ0) is 13.4. The van der Waals surface area contributed by atoms with Gasteiger partial charge in [-0.15, -0.1) is 0 Å². The van der Waals surface area contributed by atoms with Crippen LogP contribution in [0.15, 0.2) is 24.3 Å². The molecule has 0 heterocycles. The van der Waals surface area contributed by atoms with E-state index >= 15 is 0 Å². The SMILES string of the molecule is CCC(NCc1cccc(OCC#N)c1)C(C)C. The quantitative estimate of drug-likeness (QED) is 0.804. The summed E-state index contributed by atoms with van der Waals surface area (Å²) in [5.74, 6) is 1.39. The standard InChI is InChI=1S/C15H22N2O/c1-4-15(12(2)3)17-11-13-6-5-7-14(10-13)18-9-8-16/h5-7,10,12,15,17H,4,9,11H2,1-3H3. The topological polar surface area (TPSA) is 45.0 Å². The molecule has 1 atom stereocenters. The van der Waals surface area contributed by atoms with Gasteiger partial charge in [0, 0.05) is 12.6 Å². The van der Waals surface area contributed by atoms with Gasteiger partial charge >= 0.3 is 0 Å². The van der Waals surface area contributed by atoms with Gasteiger partial charge in [-0.05, 0) is 30.0 Å². The molecule has 1 aromatic rings. The van der Waals surface area contributed by atoms with Crippen LogP contribution in [-0.2, 0) is 6.54 Å². The summed E-state index contributed by atoms with van der Waals surface area (Å²) < 4.78 is 5.29. The molecular weight excluding hydrogens is 224 g/mol. The van der Waals surface area contributed by atoms with Crippen molar-refractivity contribution in [2.75, 3.05) is 6.61 Å². The van der Waals surface area contributed by atoms with Crippen LogP contribution in [-0.4, -0.2) is 12.6 Å². The van der Waals surface area contributed by atoms with E-state index in [-0.39, 0.29) is 6.61 Å². The van der Waals surface area contributed by atoms with Gasteiger partial charge < -0.3 is 10.1 Å². The van der Waals surface area contributed by atoms with Crippen molar-refractivity contribution in [1.82, 2.24) is 5.32 Å². The number of nitrogens with zero attached hydrogens (tertiary/aromatic N) is 1. The molecule has 0 saturated heterocycles. The van der Waals surface area contributed by atoms with Gasteiger partial charge in [-0.3, -0.25) is 0 Å². The van der Waals surface area contributed by atoms with Crippen LogP contribution < -0.4 is 10.1 Å². The number of nitriles is 1. The number of hydrogen-bond donors (Lipinski definition) is 1. The molecule has 0 saturated carbocycles. The zero-order valence-corrected chi connectivity index (χ0v) is 11.4. The van der Waals surface area contributed by atoms with Gasteiger partial charge in [-0.25, -0.2) is 0 Å². The largest absolute Gasteiger partial charge is 0.479 e. The number of benzene rings is 1. The first-order chi connectivity index (χ1) is 8.67. The normalized spacial score (nSPS) is 12.2. The molecule has 0 amide bonds. The van der Waals surface area contributed by atoms with E-state index in [0.29, 0.717) is 12.0 Å². The van der Waals surface area contributed by atoms with Crippen LogP contribution in [0.3, 0.4) is 0 Å². The average molecular weight is 246 g/mol. The first-order valence-electron chi connectivity index (χ1n) is 6.49. The third-order valence-corrected chi connectivity index (χ3v) is 3.01. The van der Waals surface area contributed by atoms with Crippen molar-refractivity contribution >= 4 is 0 Å². The highest BCUT2D eigenvalue weighted by atomic mass is 16.5. The maximum absolute atomic E-state index is 8.48. The molecule has 18 heavy (non-hydrogen) atoms. The second kappa shape index (κ2) is 7.73. The van der Waals surface area contributed by atoms with Crippen LogP contribution >= 0.6 is 0 Å². The monoisotopic (exact) mass is 246 g/mol. The zero-order valence-electron chi connectivity index (χ0n) is 11.4. The predicted octanol–water partition coefficient (Wildman–Crippen LogP) is 3.11. The summed E-state index contributed by atoms with van der Waals surface area (Å²) in [5, 5.41) is 12.0. The van der Waals surface area contributed by atoms with Crippen molar-refractivity contribution in [2.24, 2.45) is 5.92 Å². The molecule has 3 heteroatoms. The Morgan fingerprint density at radius 1 is 1.39 bits per heavy atom. The first kappa shape index (κ1) is 14.5. The van der Waals surface area contributed by atoms with Crippen LogP contribution in [0.1, 0.15) is 32.8 Å². The van der Waals surface area contributed by atoms with Gasteiger partial charge in [0.15, 0.2) is 6.61 Å². The molecule has 0 fully saturated rings. The smallest absolute Gasteiger partial charge is 0.174 e. The molecule has 3 nitrogen and oxygen atoms in total. The summed E-state index contributed by atoms with van der Waals surface area (Å²) in [6.45, 7) is 7.59. The molecule has 1 N–H and O–H groups in total. The number of nitrogens with one attached hydrogen (secondary N) is 1. The lowest BCUT2D eigenvalue weighted by Crippen LogP contribution is -2.32. The molecular formula is C15H22N2O. The summed E-state index contributed by atoms with van der Waals surface area (Å²) >= 11 is 0. The first-order valence-corrected chi connectivity index (χ1v) is 6.49. The van der Waals surface area contributed by atoms with Crippen molar-refractivity contribution in [2.45, 2.75) is 39.8 Å². The fourth-order valence-corrected chi connectivity index (χ4v) is 1.96. The van der Waals surface area contributed by atoms with Gasteiger partial charge in [-0.1, -0.05) is 32.9 Å². The van der Waals surface area contributed by atoms with E-state index in [1.54, 1.807) is 0 Å². The number of hydrogen-bond acceptors (Lipinski definition) is 3. The van der Waals surface area contributed by atoms with E-state index in [0.717, 1.165) is 18.7 Å². The Morgan fingerprint density at radius 2 is 2.17 bits per heavy atom. The van der Waals surface area contributed by atoms with E-state index < -0.39 is 0 Å². The molecule has 1 aromatic carbocycles. The Morgan fingerprint density at radius 3 is 2.78 bits per heavy atom. The molecule has 0 aliphatic heterocycles. The van der Waals surface area contributed by atoms with E-state index in [4.69, 9.17) is 10.00 Å². The lowest BCUT2D eigenvalue weighted by Gasteiger charge is -2.20. The number of rotatable bonds is 7. The number of ether oxygens (including phenoxy) is 1. The van der Waals surface area contributed by atoms with E-state index in [9.17, 15) is 0 Å². The fraction of sp³-hybridized carbons (Fsp3) is 0.533. The minimum Gasteiger partial charge on any atom is -0.479 e. The van der Waals surface area contributed by atoms with Crippen molar-refractivity contribution < 1.29 is 4.74 Å². The molecule has 98 valence electrons. The Bertz CT molecular complexity index is 396. The predicted molar refractivity (Wildman–Crippen MR) is 73.3 cm³/mol. The average Bonchev–Trinajstić information content (AvgIpc) is 2.37. The van der Waals surface area contributed by atoms with Gasteiger partial charge in [0.2, 0.25) is 0 Å². The van der Waals surface area contributed by atoms with Crippen LogP contribution in [0.5, 0.6) is 5.75 Å². The van der Waals surface area contributed by atoms with E-state index in [1.165, 1.54) is 5.56 Å². The minimum atomic E-state index is 0.0977. The highest BCUT2D eigenvalue weighted by Crippen LogP contribution is 2.14. The molecule has 0 aromatic heterocycles. The maximum Gasteiger partial charge on any atom is 0.174 e. The second-order valence-corrected chi connectivity index (χ2v) is 4.73. The van der Waals surface area contributed by atoms with Crippen LogP contribution in [0.2, 0.25) is 0 Å². The lowest BCUT2D eigenvalue weighted by atomic mass is 10.0. The van der Waals surface area contributed by atoms with Crippen molar-refractivity contribution in [1.29, 1.82) is 5.26 Å². The Hall–Kier alpha value is -1.53. The molecule has 0 bridgehead atoms. The van der Waals surface area contributed by atoms with Crippen LogP contribution in [0.25, 0.3) is 0 Å². The summed E-state index contributed by atoms with van der Waals surface area (Å²) in [5.41, 5.74) is 1.18. The molecule has 0 radical (unpaired) electrons. The van der Waals surface area contributed by atoms with Crippen molar-refractivity contribution in [3.8, 4) is 11.8 Å². The lowest BCUT2D eigenvalue weighted by molar-refractivity contribution is 0.366. The van der Waals surface area contributed by atoms with E-state index in [1.807, 2.05) is 24.3 Å². The third-order valence-electron chi connectivity index (χ3n) is 3.01. The van der Waals surface area contributed by atoms with Gasteiger partial charge in [0.1, 0.15) is 11.8 Å². The summed E-state index contributed by atoms with van der Waals surface area (Å²) in [4.78, 5) is 0. The summed E-state index contributed by atoms with van der Waals surface area (Å²) in [7, 11) is 0. The highest BCUT2D eigenvalue weighted by Gasteiger charge is 2.09. The third kappa shape index (κ3) is 4.77. The summed E-state index contributed by atoms with van der Waals surface area (Å²) in [6.07, 6.45) is 1.13. The molecule has 0 aliphatic rings. The van der Waals surface area contributed by atoms with Crippen molar-refractivity contribution in [3.63, 3.8) is 0 Å². The Labute approximate surface area is 110 Å². The molecule has 0 aliphatic carbocycles. The Kier molecular flexibility index (Phi) is 6.24. The highest BCUT2D eigenvalue weighted by molar-refractivity contribution is 5.28. The summed E-state index contributed by atoms with van der Waals surface area (Å²) in [6, 6.07) is 10.4. The Balaban J connectivity index is 2.54.